The van der Waals surface area contributed by atoms with Gasteiger partial charge in [0.25, 0.3) is 10.1 Å². The quantitative estimate of drug-likeness (QED) is 0.718. The molecule has 1 spiro atoms. The highest BCUT2D eigenvalue weighted by Crippen LogP contribution is 2.38. The molecule has 0 bridgehead atoms. The second-order valence-corrected chi connectivity index (χ2v) is 8.81. The number of rotatable bonds is 6. The molecule has 1 saturated carbocycles. The lowest BCUT2D eigenvalue weighted by atomic mass is 9.82. The molecule has 2 aliphatic rings. The van der Waals surface area contributed by atoms with Gasteiger partial charge in [-0.2, -0.15) is 8.42 Å². The highest BCUT2D eigenvalue weighted by Gasteiger charge is 2.44. The highest BCUT2D eigenvalue weighted by atomic mass is 35.5. The Balaban J connectivity index is 1.52. The molecule has 1 aromatic heterocycles. The second kappa shape index (κ2) is 7.93. The first kappa shape index (κ1) is 19.8. The molecule has 10 heteroatoms. The fourth-order valence-corrected chi connectivity index (χ4v) is 3.99. The van der Waals surface area contributed by atoms with Crippen molar-refractivity contribution in [2.75, 3.05) is 24.8 Å². The van der Waals surface area contributed by atoms with Gasteiger partial charge in [-0.15, -0.1) is 0 Å². The van der Waals surface area contributed by atoms with Crippen LogP contribution in [0, 0.1) is 0 Å². The number of hydrogen-bond acceptors (Lipinski definition) is 8. The molecule has 0 radical (unpaired) electrons. The van der Waals surface area contributed by atoms with Crippen LogP contribution in [0.15, 0.2) is 6.33 Å². The number of hydrogen-bond donors (Lipinski definition) is 1. The first-order valence-electron chi connectivity index (χ1n) is 8.70. The minimum absolute atomic E-state index is 0.113. The molecule has 1 unspecified atom stereocenters. The number of anilines is 1. The molecule has 0 aromatic carbocycles. The average molecular weight is 406 g/mol. The lowest BCUT2D eigenvalue weighted by Gasteiger charge is -2.36. The van der Waals surface area contributed by atoms with Crippen molar-refractivity contribution in [3.63, 3.8) is 0 Å². The minimum Gasteiger partial charge on any atom is -0.366 e. The molecular weight excluding hydrogens is 382 g/mol. The first-order valence-corrected chi connectivity index (χ1v) is 10.9. The molecule has 1 aliphatic carbocycles. The normalized spacial score (nSPS) is 29.2. The largest absolute Gasteiger partial charge is 0.366 e. The molecule has 2 heterocycles. The summed E-state index contributed by atoms with van der Waals surface area (Å²) >= 11 is 6.34. The van der Waals surface area contributed by atoms with E-state index < -0.39 is 16.4 Å². The third-order valence-corrected chi connectivity index (χ3v) is 5.73. The van der Waals surface area contributed by atoms with Crippen molar-refractivity contribution in [3.05, 3.63) is 17.0 Å². The Morgan fingerprint density at radius 2 is 2.12 bits per heavy atom. The lowest BCUT2D eigenvalue weighted by Crippen LogP contribution is -2.41. The number of nitrogens with one attached hydrogen (secondary N) is 1. The Morgan fingerprint density at radius 3 is 2.77 bits per heavy atom. The van der Waals surface area contributed by atoms with Gasteiger partial charge in [-0.25, -0.2) is 9.97 Å². The summed E-state index contributed by atoms with van der Waals surface area (Å²) in [6.07, 6.45) is 6.03. The van der Waals surface area contributed by atoms with Gasteiger partial charge in [0.2, 0.25) is 0 Å². The zero-order chi connectivity index (χ0) is 18.8. The maximum atomic E-state index is 11.1. The van der Waals surface area contributed by atoms with E-state index in [1.54, 1.807) is 0 Å². The molecule has 1 N–H and O–H groups in total. The van der Waals surface area contributed by atoms with Crippen LogP contribution in [0.2, 0.25) is 5.02 Å². The molecule has 1 aliphatic heterocycles. The highest BCUT2D eigenvalue weighted by molar-refractivity contribution is 7.85. The summed E-state index contributed by atoms with van der Waals surface area (Å²) in [6, 6.07) is 0.243. The Labute approximate surface area is 158 Å². The Bertz CT molecular complexity index is 737. The third-order valence-electron chi connectivity index (χ3n) is 4.77. The predicted octanol–water partition coefficient (Wildman–Crippen LogP) is 2.13. The van der Waals surface area contributed by atoms with E-state index in [0.29, 0.717) is 17.4 Å². The number of ether oxygens (including phenoxy) is 2. The van der Waals surface area contributed by atoms with Crippen LogP contribution in [0.3, 0.4) is 0 Å². The fourth-order valence-electron chi connectivity index (χ4n) is 3.35. The zero-order valence-corrected chi connectivity index (χ0v) is 16.5. The standard InChI is InChI=1S/C16H24ClN3O5S/c1-3-12-14(17)15(19-10-18-12)20-11-4-6-16(7-5-11)9-23-13(25-16)8-24-26(2,21)22/h10-11,13H,3-9H2,1-2H3,(H,18,19,20). The van der Waals surface area contributed by atoms with Crippen LogP contribution in [0.5, 0.6) is 0 Å². The Kier molecular flexibility index (Phi) is 6.03. The minimum atomic E-state index is -3.50. The van der Waals surface area contributed by atoms with Crippen LogP contribution in [-0.4, -0.2) is 55.8 Å². The van der Waals surface area contributed by atoms with Crippen molar-refractivity contribution < 1.29 is 22.1 Å². The Hall–Kier alpha value is -1.00. The molecular formula is C16H24ClN3O5S. The summed E-state index contributed by atoms with van der Waals surface area (Å²) in [4.78, 5) is 8.42. The van der Waals surface area contributed by atoms with Crippen LogP contribution in [0.25, 0.3) is 0 Å². The second-order valence-electron chi connectivity index (χ2n) is 6.79. The fraction of sp³-hybridized carbons (Fsp3) is 0.750. The van der Waals surface area contributed by atoms with Crippen molar-refractivity contribution in [2.24, 2.45) is 0 Å². The lowest BCUT2D eigenvalue weighted by molar-refractivity contribution is -0.116. The van der Waals surface area contributed by atoms with Crippen molar-refractivity contribution in [1.82, 2.24) is 9.97 Å². The molecule has 26 heavy (non-hydrogen) atoms. The van der Waals surface area contributed by atoms with E-state index in [4.69, 9.17) is 25.3 Å². The summed E-state index contributed by atoms with van der Waals surface area (Å²) in [5.74, 6) is 0.669. The van der Waals surface area contributed by atoms with Gasteiger partial charge >= 0.3 is 0 Å². The summed E-state index contributed by atoms with van der Waals surface area (Å²) in [5, 5.41) is 3.98. The Morgan fingerprint density at radius 1 is 1.38 bits per heavy atom. The van der Waals surface area contributed by atoms with Gasteiger partial charge in [0, 0.05) is 6.04 Å². The van der Waals surface area contributed by atoms with Crippen LogP contribution < -0.4 is 5.32 Å². The van der Waals surface area contributed by atoms with Crippen molar-refractivity contribution >= 4 is 27.5 Å². The smallest absolute Gasteiger partial charge is 0.264 e. The maximum Gasteiger partial charge on any atom is 0.264 e. The molecule has 0 amide bonds. The summed E-state index contributed by atoms with van der Waals surface area (Å²) in [7, 11) is -3.50. The van der Waals surface area contributed by atoms with E-state index >= 15 is 0 Å². The molecule has 1 atom stereocenters. The predicted molar refractivity (Wildman–Crippen MR) is 96.7 cm³/mol. The van der Waals surface area contributed by atoms with Gasteiger partial charge in [0.05, 0.1) is 24.2 Å². The number of nitrogens with zero attached hydrogens (tertiary/aromatic N) is 2. The van der Waals surface area contributed by atoms with Crippen LogP contribution in [-0.2, 0) is 30.2 Å². The molecule has 146 valence electrons. The van der Waals surface area contributed by atoms with Crippen molar-refractivity contribution in [3.8, 4) is 0 Å². The maximum absolute atomic E-state index is 11.1. The zero-order valence-electron chi connectivity index (χ0n) is 14.9. The van der Waals surface area contributed by atoms with Gasteiger partial charge in [-0.3, -0.25) is 4.18 Å². The van der Waals surface area contributed by atoms with E-state index in [0.717, 1.165) is 44.1 Å². The van der Waals surface area contributed by atoms with Crippen LogP contribution >= 0.6 is 11.6 Å². The third kappa shape index (κ3) is 4.83. The van der Waals surface area contributed by atoms with Gasteiger partial charge < -0.3 is 14.8 Å². The number of aromatic nitrogens is 2. The van der Waals surface area contributed by atoms with Crippen LogP contribution in [0.4, 0.5) is 5.82 Å². The van der Waals surface area contributed by atoms with E-state index in [1.165, 1.54) is 6.33 Å². The number of aryl methyl sites for hydroxylation is 1. The molecule has 1 aromatic rings. The van der Waals surface area contributed by atoms with Gasteiger partial charge in [-0.1, -0.05) is 18.5 Å². The van der Waals surface area contributed by atoms with Crippen molar-refractivity contribution in [1.29, 1.82) is 0 Å². The monoisotopic (exact) mass is 405 g/mol. The first-order chi connectivity index (χ1) is 12.3. The van der Waals surface area contributed by atoms with E-state index in [-0.39, 0.29) is 18.2 Å². The average Bonchev–Trinajstić information content (AvgIpc) is 2.99. The topological polar surface area (TPSA) is 99.6 Å². The van der Waals surface area contributed by atoms with Gasteiger partial charge in [0.15, 0.2) is 6.29 Å². The molecule has 3 rings (SSSR count). The van der Waals surface area contributed by atoms with Gasteiger partial charge in [-0.05, 0) is 32.1 Å². The molecule has 2 fully saturated rings. The summed E-state index contributed by atoms with van der Waals surface area (Å²) < 4.78 is 38.5. The van der Waals surface area contributed by atoms with Crippen LogP contribution in [0.1, 0.15) is 38.3 Å². The summed E-state index contributed by atoms with van der Waals surface area (Å²) in [5.41, 5.74) is 0.464. The molecule has 8 nitrogen and oxygen atoms in total. The van der Waals surface area contributed by atoms with E-state index in [2.05, 4.69) is 15.3 Å². The van der Waals surface area contributed by atoms with E-state index in [9.17, 15) is 8.42 Å². The van der Waals surface area contributed by atoms with E-state index in [1.807, 2.05) is 6.92 Å². The molecule has 1 saturated heterocycles. The summed E-state index contributed by atoms with van der Waals surface area (Å²) in [6.45, 7) is 2.34. The van der Waals surface area contributed by atoms with Crippen molar-refractivity contribution in [2.45, 2.75) is 57.0 Å². The van der Waals surface area contributed by atoms with Gasteiger partial charge in [0.1, 0.15) is 23.8 Å². The SMILES string of the molecule is CCc1ncnc(NC2CCC3(CC2)COC(COS(C)(=O)=O)O3)c1Cl. The number of halogens is 1.